The highest BCUT2D eigenvalue weighted by Crippen LogP contribution is 2.23. The molecule has 1 N–H and O–H groups in total. The van der Waals surface area contributed by atoms with Crippen molar-refractivity contribution in [2.24, 2.45) is 5.92 Å². The van der Waals surface area contributed by atoms with Crippen molar-refractivity contribution in [1.29, 1.82) is 0 Å². The molecule has 0 radical (unpaired) electrons. The number of amides is 1. The highest BCUT2D eigenvalue weighted by atomic mass is 19.3. The number of esters is 1. The molecule has 0 aliphatic heterocycles. The van der Waals surface area contributed by atoms with Crippen molar-refractivity contribution in [3.63, 3.8) is 0 Å². The number of ether oxygens (including phenoxy) is 1. The van der Waals surface area contributed by atoms with Gasteiger partial charge in [0.05, 0.1) is 7.11 Å². The molecule has 0 heterocycles. The van der Waals surface area contributed by atoms with Gasteiger partial charge in [0, 0.05) is 0 Å². The summed E-state index contributed by atoms with van der Waals surface area (Å²) in [4.78, 5) is 22.0. The number of nitrogens with one attached hydrogen (secondary N) is 1. The molecule has 17 heavy (non-hydrogen) atoms. The third-order valence-corrected chi connectivity index (χ3v) is 1.99. The molecule has 8 heteroatoms. The summed E-state index contributed by atoms with van der Waals surface area (Å²) in [5.41, 5.74) is 0. The fourth-order valence-corrected chi connectivity index (χ4v) is 0.961. The normalized spacial score (nSPS) is 13.7. The van der Waals surface area contributed by atoms with E-state index in [1.165, 1.54) is 13.8 Å². The fourth-order valence-electron chi connectivity index (χ4n) is 0.961. The number of methoxy groups -OCH3 is 1. The quantitative estimate of drug-likeness (QED) is 0.596. The molecule has 0 aromatic carbocycles. The summed E-state index contributed by atoms with van der Waals surface area (Å²) in [6.07, 6.45) is -4.13. The molecule has 0 saturated heterocycles. The number of carbonyl (C=O) groups is 2. The summed E-state index contributed by atoms with van der Waals surface area (Å²) in [6.45, 7) is 2.89. The molecule has 0 spiro atoms. The predicted molar refractivity (Wildman–Crippen MR) is 49.7 cm³/mol. The number of carbonyl (C=O) groups excluding carboxylic acids is 2. The van der Waals surface area contributed by atoms with Crippen LogP contribution in [-0.4, -0.2) is 37.4 Å². The van der Waals surface area contributed by atoms with E-state index in [2.05, 4.69) is 4.74 Å². The summed E-state index contributed by atoms with van der Waals surface area (Å²) in [7, 11) is 0.995. The molecule has 1 unspecified atom stereocenters. The lowest BCUT2D eigenvalue weighted by molar-refractivity contribution is -0.172. The smallest absolute Gasteiger partial charge is 0.383 e. The zero-order valence-corrected chi connectivity index (χ0v) is 9.47. The second kappa shape index (κ2) is 5.83. The molecule has 0 rings (SSSR count). The van der Waals surface area contributed by atoms with Gasteiger partial charge >= 0.3 is 18.3 Å². The third-order valence-electron chi connectivity index (χ3n) is 1.99. The first-order valence-electron chi connectivity index (χ1n) is 4.69. The topological polar surface area (TPSA) is 55.4 Å². The predicted octanol–water partition coefficient (Wildman–Crippen LogP) is 1.20. The molecular formula is C9H13F4NO3. The van der Waals surface area contributed by atoms with E-state index in [-0.39, 0.29) is 0 Å². The van der Waals surface area contributed by atoms with Crippen LogP contribution in [0.1, 0.15) is 13.8 Å². The van der Waals surface area contributed by atoms with Crippen molar-refractivity contribution in [3.05, 3.63) is 0 Å². The van der Waals surface area contributed by atoms with Gasteiger partial charge in [0.1, 0.15) is 6.04 Å². The Kier molecular flexibility index (Phi) is 5.37. The fraction of sp³-hybridized carbons (Fsp3) is 0.778. The molecule has 0 saturated carbocycles. The standard InChI is InChI=1S/C9H13F4NO3/c1-4(2)5(6(15)17-3)14-8(16)9(12,13)7(10)11/h4-5,7H,1-3H3,(H,14,16). The van der Waals surface area contributed by atoms with Crippen LogP contribution in [0.15, 0.2) is 0 Å². The van der Waals surface area contributed by atoms with Crippen molar-refractivity contribution in [2.75, 3.05) is 7.11 Å². The van der Waals surface area contributed by atoms with Gasteiger partial charge in [0.25, 0.3) is 5.91 Å². The number of alkyl halides is 4. The van der Waals surface area contributed by atoms with E-state index in [0.29, 0.717) is 0 Å². The lowest BCUT2D eigenvalue weighted by Crippen LogP contribution is -2.53. The minimum absolute atomic E-state index is 0.570. The molecule has 0 aromatic heterocycles. The maximum Gasteiger partial charge on any atom is 0.383 e. The highest BCUT2D eigenvalue weighted by Gasteiger charge is 2.50. The first kappa shape index (κ1) is 15.7. The second-order valence-corrected chi connectivity index (χ2v) is 3.64. The molecule has 0 bridgehead atoms. The van der Waals surface area contributed by atoms with Gasteiger partial charge in [-0.05, 0) is 5.92 Å². The third kappa shape index (κ3) is 3.86. The minimum Gasteiger partial charge on any atom is -0.467 e. The van der Waals surface area contributed by atoms with Crippen LogP contribution in [0.4, 0.5) is 17.6 Å². The summed E-state index contributed by atoms with van der Waals surface area (Å²) in [5.74, 6) is -8.57. The Morgan fingerprint density at radius 2 is 1.71 bits per heavy atom. The van der Waals surface area contributed by atoms with Crippen LogP contribution in [0.2, 0.25) is 0 Å². The van der Waals surface area contributed by atoms with Crippen molar-refractivity contribution >= 4 is 11.9 Å². The largest absolute Gasteiger partial charge is 0.467 e. The Morgan fingerprint density at radius 1 is 1.24 bits per heavy atom. The summed E-state index contributed by atoms with van der Waals surface area (Å²) >= 11 is 0. The highest BCUT2D eigenvalue weighted by molar-refractivity contribution is 5.89. The van der Waals surface area contributed by atoms with Crippen LogP contribution in [-0.2, 0) is 14.3 Å². The van der Waals surface area contributed by atoms with Crippen LogP contribution < -0.4 is 5.32 Å². The lowest BCUT2D eigenvalue weighted by atomic mass is 10.0. The molecule has 0 aliphatic carbocycles. The van der Waals surface area contributed by atoms with Gasteiger partial charge in [0.2, 0.25) is 0 Å². The van der Waals surface area contributed by atoms with Gasteiger partial charge in [0.15, 0.2) is 0 Å². The van der Waals surface area contributed by atoms with Gasteiger partial charge in [-0.1, -0.05) is 13.8 Å². The van der Waals surface area contributed by atoms with Crippen molar-refractivity contribution < 1.29 is 31.9 Å². The maximum atomic E-state index is 12.6. The Bertz CT molecular complexity index is 294. The lowest BCUT2D eigenvalue weighted by Gasteiger charge is -2.22. The Balaban J connectivity index is 4.79. The van der Waals surface area contributed by atoms with E-state index in [9.17, 15) is 27.2 Å². The van der Waals surface area contributed by atoms with Gasteiger partial charge in [-0.15, -0.1) is 0 Å². The van der Waals surface area contributed by atoms with Gasteiger partial charge < -0.3 is 10.1 Å². The molecule has 0 fully saturated rings. The van der Waals surface area contributed by atoms with Crippen LogP contribution >= 0.6 is 0 Å². The monoisotopic (exact) mass is 259 g/mol. The summed E-state index contributed by atoms with van der Waals surface area (Å²) in [6, 6.07) is -1.39. The molecule has 0 aliphatic rings. The summed E-state index contributed by atoms with van der Waals surface area (Å²) < 4.78 is 53.2. The number of hydrogen-bond acceptors (Lipinski definition) is 3. The van der Waals surface area contributed by atoms with E-state index in [0.717, 1.165) is 7.11 Å². The molecule has 0 aromatic rings. The Hall–Kier alpha value is -1.34. The zero-order chi connectivity index (χ0) is 13.8. The van der Waals surface area contributed by atoms with Crippen molar-refractivity contribution in [2.45, 2.75) is 32.2 Å². The van der Waals surface area contributed by atoms with Gasteiger partial charge in [-0.2, -0.15) is 8.78 Å². The molecule has 4 nitrogen and oxygen atoms in total. The number of rotatable bonds is 5. The average Bonchev–Trinajstić information content (AvgIpc) is 2.23. The number of hydrogen-bond donors (Lipinski definition) is 1. The van der Waals surface area contributed by atoms with E-state index in [1.54, 1.807) is 5.32 Å². The molecule has 100 valence electrons. The first-order valence-corrected chi connectivity index (χ1v) is 4.69. The Labute approximate surface area is 95.3 Å². The van der Waals surface area contributed by atoms with E-state index in [1.807, 2.05) is 0 Å². The van der Waals surface area contributed by atoms with Gasteiger partial charge in [-0.3, -0.25) is 4.79 Å². The summed E-state index contributed by atoms with van der Waals surface area (Å²) in [5, 5.41) is 1.55. The SMILES string of the molecule is COC(=O)C(NC(=O)C(F)(F)C(F)F)C(C)C. The van der Waals surface area contributed by atoms with Crippen LogP contribution in [0, 0.1) is 5.92 Å². The van der Waals surface area contributed by atoms with E-state index < -0.39 is 36.2 Å². The number of halogens is 4. The first-order chi connectivity index (χ1) is 7.64. The average molecular weight is 259 g/mol. The van der Waals surface area contributed by atoms with E-state index in [4.69, 9.17) is 0 Å². The molecule has 1 atom stereocenters. The Morgan fingerprint density at radius 3 is 2.00 bits per heavy atom. The van der Waals surface area contributed by atoms with Crippen LogP contribution in [0.5, 0.6) is 0 Å². The molecular weight excluding hydrogens is 246 g/mol. The minimum atomic E-state index is -4.83. The van der Waals surface area contributed by atoms with Crippen LogP contribution in [0.25, 0.3) is 0 Å². The van der Waals surface area contributed by atoms with E-state index >= 15 is 0 Å². The molecule has 1 amide bonds. The maximum absolute atomic E-state index is 12.6. The van der Waals surface area contributed by atoms with Crippen molar-refractivity contribution in [1.82, 2.24) is 5.32 Å². The van der Waals surface area contributed by atoms with Crippen molar-refractivity contribution in [3.8, 4) is 0 Å². The zero-order valence-electron chi connectivity index (χ0n) is 9.47. The van der Waals surface area contributed by atoms with Gasteiger partial charge in [-0.25, -0.2) is 13.6 Å². The van der Waals surface area contributed by atoms with Crippen LogP contribution in [0.3, 0.4) is 0 Å². The second-order valence-electron chi connectivity index (χ2n) is 3.64.